The summed E-state index contributed by atoms with van der Waals surface area (Å²) in [6.07, 6.45) is 0. The first-order valence-electron chi connectivity index (χ1n) is 19.0. The van der Waals surface area contributed by atoms with Crippen molar-refractivity contribution in [3.05, 3.63) is 222 Å². The van der Waals surface area contributed by atoms with Gasteiger partial charge < -0.3 is 9.32 Å². The van der Waals surface area contributed by atoms with E-state index in [0.717, 1.165) is 39.0 Å². The molecule has 9 aromatic carbocycles. The molecule has 1 atom stereocenters. The van der Waals surface area contributed by atoms with Crippen molar-refractivity contribution in [3.63, 3.8) is 0 Å². The van der Waals surface area contributed by atoms with Gasteiger partial charge in [-0.1, -0.05) is 152 Å². The smallest absolute Gasteiger partial charge is 0.135 e. The molecular weight excluding hydrogens is 667 g/mol. The quantitative estimate of drug-likeness (QED) is 0.182. The second-order valence-corrected chi connectivity index (χ2v) is 14.8. The highest BCUT2D eigenvalue weighted by atomic mass is 16.3. The van der Waals surface area contributed by atoms with Crippen LogP contribution in [0.2, 0.25) is 0 Å². The number of rotatable bonds is 4. The molecule has 0 amide bonds. The van der Waals surface area contributed by atoms with Crippen LogP contribution in [0.4, 0.5) is 17.1 Å². The molecule has 1 heterocycles. The molecule has 0 saturated heterocycles. The summed E-state index contributed by atoms with van der Waals surface area (Å²) in [5, 5.41) is 4.79. The topological polar surface area (TPSA) is 16.4 Å². The van der Waals surface area contributed by atoms with Gasteiger partial charge in [-0.05, 0) is 115 Å². The zero-order valence-electron chi connectivity index (χ0n) is 29.9. The van der Waals surface area contributed by atoms with Gasteiger partial charge in [0.05, 0.1) is 5.41 Å². The van der Waals surface area contributed by atoms with Crippen molar-refractivity contribution in [1.82, 2.24) is 0 Å². The van der Waals surface area contributed by atoms with Crippen LogP contribution >= 0.6 is 0 Å². The maximum Gasteiger partial charge on any atom is 0.135 e. The standard InChI is InChI=1S/C53H33NO/c1-2-12-34(13-3-1)35-22-25-37(26-23-35)54(38-28-31-51-46(32-38)44-18-8-11-21-50(44)55-51)39-27-30-43-41-16-6-9-19-47(41)53(49(43)33-39)48-20-10-7-17-42(48)45-29-24-36-14-4-5-15-40(36)52(45)53/h1-33H. The fourth-order valence-electron chi connectivity index (χ4n) is 9.78. The lowest BCUT2D eigenvalue weighted by Crippen LogP contribution is -2.26. The third-order valence-electron chi connectivity index (χ3n) is 12.1. The molecule has 1 unspecified atom stereocenters. The second kappa shape index (κ2) is 11.4. The van der Waals surface area contributed by atoms with Gasteiger partial charge in [0, 0.05) is 27.8 Å². The first-order valence-corrected chi connectivity index (χ1v) is 19.0. The van der Waals surface area contributed by atoms with Crippen LogP contribution in [0.5, 0.6) is 0 Å². The van der Waals surface area contributed by atoms with Gasteiger partial charge >= 0.3 is 0 Å². The molecule has 256 valence electrons. The Morgan fingerprint density at radius 3 is 1.73 bits per heavy atom. The maximum absolute atomic E-state index is 6.31. The largest absolute Gasteiger partial charge is 0.456 e. The Morgan fingerprint density at radius 1 is 0.345 bits per heavy atom. The summed E-state index contributed by atoms with van der Waals surface area (Å²) < 4.78 is 6.31. The molecule has 2 nitrogen and oxygen atoms in total. The lowest BCUT2D eigenvalue weighted by atomic mass is 9.69. The Labute approximate surface area is 319 Å². The van der Waals surface area contributed by atoms with Crippen LogP contribution in [0.25, 0.3) is 66.1 Å². The van der Waals surface area contributed by atoms with Crippen LogP contribution in [-0.2, 0) is 5.41 Å². The monoisotopic (exact) mass is 699 g/mol. The Bertz CT molecular complexity index is 3140. The summed E-state index contributed by atoms with van der Waals surface area (Å²) in [7, 11) is 0. The van der Waals surface area contributed by atoms with E-state index in [9.17, 15) is 0 Å². The number of benzene rings is 9. The molecule has 12 rings (SSSR count). The Balaban J connectivity index is 1.14. The molecule has 2 heteroatoms. The molecule has 1 aromatic heterocycles. The van der Waals surface area contributed by atoms with Gasteiger partial charge in [0.1, 0.15) is 11.2 Å². The fraction of sp³-hybridized carbons (Fsp3) is 0.0189. The van der Waals surface area contributed by atoms with Gasteiger partial charge in [0.15, 0.2) is 0 Å². The minimum atomic E-state index is -0.484. The molecule has 10 aromatic rings. The fourth-order valence-corrected chi connectivity index (χ4v) is 9.78. The van der Waals surface area contributed by atoms with Crippen LogP contribution in [0.3, 0.4) is 0 Å². The number of furan rings is 1. The first kappa shape index (κ1) is 30.3. The lowest BCUT2D eigenvalue weighted by Gasteiger charge is -2.33. The van der Waals surface area contributed by atoms with Gasteiger partial charge in [-0.3, -0.25) is 0 Å². The molecule has 0 fully saturated rings. The summed E-state index contributed by atoms with van der Waals surface area (Å²) in [4.78, 5) is 2.41. The van der Waals surface area contributed by atoms with E-state index in [0.29, 0.717) is 0 Å². The van der Waals surface area contributed by atoms with Gasteiger partial charge in [-0.2, -0.15) is 0 Å². The molecule has 2 aliphatic carbocycles. The van der Waals surface area contributed by atoms with Crippen LogP contribution in [0, 0.1) is 0 Å². The third kappa shape index (κ3) is 4.19. The average Bonchev–Trinajstić information content (AvgIpc) is 3.88. The number of fused-ring (bicyclic) bond motifs is 15. The Hall–Kier alpha value is -7.16. The number of hydrogen-bond acceptors (Lipinski definition) is 2. The van der Waals surface area contributed by atoms with Crippen LogP contribution in [-0.4, -0.2) is 0 Å². The molecule has 0 radical (unpaired) electrons. The van der Waals surface area contributed by atoms with Crippen molar-refractivity contribution >= 4 is 49.8 Å². The van der Waals surface area contributed by atoms with Crippen molar-refractivity contribution in [2.24, 2.45) is 0 Å². The molecular formula is C53H33NO. The minimum Gasteiger partial charge on any atom is -0.456 e. The maximum atomic E-state index is 6.31. The number of para-hydroxylation sites is 1. The minimum absolute atomic E-state index is 0.484. The van der Waals surface area contributed by atoms with E-state index in [2.05, 4.69) is 193 Å². The van der Waals surface area contributed by atoms with E-state index < -0.39 is 5.41 Å². The second-order valence-electron chi connectivity index (χ2n) is 14.8. The van der Waals surface area contributed by atoms with Crippen LogP contribution in [0.15, 0.2) is 205 Å². The first-order chi connectivity index (χ1) is 27.3. The van der Waals surface area contributed by atoms with Crippen LogP contribution in [0.1, 0.15) is 22.3 Å². The molecule has 0 bridgehead atoms. The van der Waals surface area contributed by atoms with E-state index in [4.69, 9.17) is 4.42 Å². The van der Waals surface area contributed by atoms with Gasteiger partial charge in [-0.25, -0.2) is 0 Å². The van der Waals surface area contributed by atoms with Crippen molar-refractivity contribution in [2.45, 2.75) is 5.41 Å². The summed E-state index contributed by atoms with van der Waals surface area (Å²) in [6.45, 7) is 0. The van der Waals surface area contributed by atoms with E-state index in [-0.39, 0.29) is 0 Å². The number of anilines is 3. The molecule has 0 N–H and O–H groups in total. The highest BCUT2D eigenvalue weighted by Gasteiger charge is 2.52. The molecule has 2 aliphatic rings. The molecule has 0 saturated carbocycles. The predicted octanol–water partition coefficient (Wildman–Crippen LogP) is 14.2. The molecule has 1 spiro atoms. The highest BCUT2D eigenvalue weighted by molar-refractivity contribution is 6.07. The van der Waals surface area contributed by atoms with Gasteiger partial charge in [0.2, 0.25) is 0 Å². The van der Waals surface area contributed by atoms with Crippen LogP contribution < -0.4 is 4.90 Å². The van der Waals surface area contributed by atoms with E-state index in [1.807, 2.05) is 12.1 Å². The molecule has 0 aliphatic heterocycles. The van der Waals surface area contributed by atoms with Crippen molar-refractivity contribution in [3.8, 4) is 33.4 Å². The summed E-state index contributed by atoms with van der Waals surface area (Å²) in [5.74, 6) is 0. The zero-order chi connectivity index (χ0) is 36.1. The van der Waals surface area contributed by atoms with Crippen molar-refractivity contribution in [2.75, 3.05) is 4.90 Å². The number of hydrogen-bond donors (Lipinski definition) is 0. The highest BCUT2D eigenvalue weighted by Crippen LogP contribution is 2.64. The van der Waals surface area contributed by atoms with Gasteiger partial charge in [0.25, 0.3) is 0 Å². The van der Waals surface area contributed by atoms with Crippen molar-refractivity contribution < 1.29 is 4.42 Å². The average molecular weight is 700 g/mol. The lowest BCUT2D eigenvalue weighted by molar-refractivity contribution is 0.669. The SMILES string of the molecule is c1ccc(-c2ccc(N(c3ccc4c(c3)C3(c5ccccc5-4)c4ccccc4-c4ccc5ccccc5c43)c3ccc4oc5ccccc5c4c3)cc2)cc1. The van der Waals surface area contributed by atoms with Crippen molar-refractivity contribution in [1.29, 1.82) is 0 Å². The molecule has 55 heavy (non-hydrogen) atoms. The van der Waals surface area contributed by atoms with E-state index in [1.54, 1.807) is 0 Å². The predicted molar refractivity (Wildman–Crippen MR) is 228 cm³/mol. The third-order valence-corrected chi connectivity index (χ3v) is 12.1. The Morgan fingerprint density at radius 2 is 0.909 bits per heavy atom. The normalized spacial score (nSPS) is 15.0. The Kier molecular flexibility index (Phi) is 6.29. The zero-order valence-corrected chi connectivity index (χ0v) is 29.9. The van der Waals surface area contributed by atoms with Gasteiger partial charge in [-0.15, -0.1) is 0 Å². The number of nitrogens with zero attached hydrogens (tertiary/aromatic N) is 1. The summed E-state index contributed by atoms with van der Waals surface area (Å²) in [6, 6.07) is 73.4. The summed E-state index contributed by atoms with van der Waals surface area (Å²) in [5.41, 5.74) is 17.5. The van der Waals surface area contributed by atoms with E-state index >= 15 is 0 Å². The summed E-state index contributed by atoms with van der Waals surface area (Å²) >= 11 is 0. The van der Waals surface area contributed by atoms with E-state index in [1.165, 1.54) is 66.4 Å².